The molecule has 0 saturated carbocycles. The van der Waals surface area contributed by atoms with E-state index >= 15 is 0 Å². The van der Waals surface area contributed by atoms with E-state index in [-0.39, 0.29) is 16.0 Å². The summed E-state index contributed by atoms with van der Waals surface area (Å²) in [6.07, 6.45) is 0. The zero-order valence-electron chi connectivity index (χ0n) is 15.4. The fraction of sp³-hybridized carbons (Fsp3) is 0.316. The molecular weight excluding hydrogens is 374 g/mol. The van der Waals surface area contributed by atoms with Crippen LogP contribution >= 0.6 is 0 Å². The molecule has 0 aliphatic rings. The van der Waals surface area contributed by atoms with Crippen molar-refractivity contribution in [1.29, 1.82) is 0 Å². The number of halogens is 2. The van der Waals surface area contributed by atoms with Gasteiger partial charge in [0.1, 0.15) is 11.6 Å². The van der Waals surface area contributed by atoms with E-state index in [1.165, 1.54) is 34.6 Å². The highest BCUT2D eigenvalue weighted by Crippen LogP contribution is 2.20. The van der Waals surface area contributed by atoms with Gasteiger partial charge in [0.15, 0.2) is 0 Å². The van der Waals surface area contributed by atoms with Gasteiger partial charge in [0.2, 0.25) is 10.0 Å². The smallest absolute Gasteiger partial charge is 0.251 e. The molecule has 0 saturated heterocycles. The Balaban J connectivity index is 2.25. The molecule has 0 spiro atoms. The summed E-state index contributed by atoms with van der Waals surface area (Å²) >= 11 is 0. The average Bonchev–Trinajstić information content (AvgIpc) is 2.62. The normalized spacial score (nSPS) is 12.8. The Morgan fingerprint density at radius 1 is 1.11 bits per heavy atom. The lowest BCUT2D eigenvalue weighted by Crippen LogP contribution is -2.31. The van der Waals surface area contributed by atoms with Crippen molar-refractivity contribution in [1.82, 2.24) is 9.62 Å². The standard InChI is InChI=1S/C19H22F2N2O3S/c1-4-23(5-2)27(25,26)16-8-6-7-14(11-16)19(24)22-13(3)17-10-9-15(20)12-18(17)21/h6-13H,4-5H2,1-3H3,(H,22,24). The molecular formula is C19H22F2N2O3S. The van der Waals surface area contributed by atoms with Crippen LogP contribution in [-0.4, -0.2) is 31.7 Å². The van der Waals surface area contributed by atoms with Gasteiger partial charge in [0.25, 0.3) is 5.91 Å². The van der Waals surface area contributed by atoms with Gasteiger partial charge in [-0.25, -0.2) is 17.2 Å². The number of benzene rings is 2. The minimum Gasteiger partial charge on any atom is -0.345 e. The van der Waals surface area contributed by atoms with Crippen molar-refractivity contribution in [2.45, 2.75) is 31.7 Å². The lowest BCUT2D eigenvalue weighted by Gasteiger charge is -2.19. The largest absolute Gasteiger partial charge is 0.345 e. The molecule has 0 aromatic heterocycles. The number of sulfonamides is 1. The van der Waals surface area contributed by atoms with E-state index in [1.54, 1.807) is 20.8 Å². The van der Waals surface area contributed by atoms with Crippen LogP contribution in [0.2, 0.25) is 0 Å². The molecule has 8 heteroatoms. The SMILES string of the molecule is CCN(CC)S(=O)(=O)c1cccc(C(=O)NC(C)c2ccc(F)cc2F)c1. The molecule has 0 fully saturated rings. The Morgan fingerprint density at radius 2 is 1.78 bits per heavy atom. The summed E-state index contributed by atoms with van der Waals surface area (Å²) in [6.45, 7) is 5.66. The first-order valence-corrected chi connectivity index (χ1v) is 10.0. The van der Waals surface area contributed by atoms with E-state index in [4.69, 9.17) is 0 Å². The average molecular weight is 396 g/mol. The van der Waals surface area contributed by atoms with Gasteiger partial charge in [0, 0.05) is 30.3 Å². The lowest BCUT2D eigenvalue weighted by atomic mass is 10.1. The maximum atomic E-state index is 13.9. The summed E-state index contributed by atoms with van der Waals surface area (Å²) in [5.74, 6) is -2.02. The van der Waals surface area contributed by atoms with E-state index in [1.807, 2.05) is 0 Å². The molecule has 0 aliphatic carbocycles. The molecule has 2 rings (SSSR count). The molecule has 1 atom stereocenters. The van der Waals surface area contributed by atoms with Gasteiger partial charge in [-0.3, -0.25) is 4.79 Å². The third kappa shape index (κ3) is 4.70. The summed E-state index contributed by atoms with van der Waals surface area (Å²) in [4.78, 5) is 12.5. The first kappa shape index (κ1) is 21.0. The molecule has 146 valence electrons. The monoisotopic (exact) mass is 396 g/mol. The zero-order chi connectivity index (χ0) is 20.2. The van der Waals surface area contributed by atoms with Crippen molar-refractivity contribution >= 4 is 15.9 Å². The number of hydrogen-bond donors (Lipinski definition) is 1. The van der Waals surface area contributed by atoms with Crippen LogP contribution in [0.15, 0.2) is 47.4 Å². The van der Waals surface area contributed by atoms with Gasteiger partial charge in [-0.2, -0.15) is 4.31 Å². The van der Waals surface area contributed by atoms with Crippen LogP contribution in [0.4, 0.5) is 8.78 Å². The van der Waals surface area contributed by atoms with Crippen LogP contribution in [0.3, 0.4) is 0 Å². The molecule has 1 amide bonds. The van der Waals surface area contributed by atoms with Crippen molar-refractivity contribution in [2.75, 3.05) is 13.1 Å². The molecule has 0 heterocycles. The molecule has 2 aromatic carbocycles. The van der Waals surface area contributed by atoms with E-state index in [0.717, 1.165) is 12.1 Å². The Hall–Kier alpha value is -2.32. The number of carbonyl (C=O) groups is 1. The van der Waals surface area contributed by atoms with Gasteiger partial charge in [-0.1, -0.05) is 26.0 Å². The number of nitrogens with one attached hydrogen (secondary N) is 1. The van der Waals surface area contributed by atoms with Crippen LogP contribution in [-0.2, 0) is 10.0 Å². The Kier molecular flexibility index (Phi) is 6.67. The third-order valence-electron chi connectivity index (χ3n) is 4.22. The van der Waals surface area contributed by atoms with Crippen molar-refractivity contribution < 1.29 is 22.0 Å². The van der Waals surface area contributed by atoms with Crippen molar-refractivity contribution in [3.05, 3.63) is 65.2 Å². The predicted molar refractivity (Wildman–Crippen MR) is 98.8 cm³/mol. The van der Waals surface area contributed by atoms with Crippen molar-refractivity contribution in [3.8, 4) is 0 Å². The second kappa shape index (κ2) is 8.58. The molecule has 27 heavy (non-hydrogen) atoms. The maximum Gasteiger partial charge on any atom is 0.251 e. The topological polar surface area (TPSA) is 66.5 Å². The summed E-state index contributed by atoms with van der Waals surface area (Å²) in [5.41, 5.74) is 0.272. The molecule has 0 radical (unpaired) electrons. The van der Waals surface area contributed by atoms with Crippen LogP contribution < -0.4 is 5.32 Å². The molecule has 2 aromatic rings. The highest BCUT2D eigenvalue weighted by molar-refractivity contribution is 7.89. The highest BCUT2D eigenvalue weighted by atomic mass is 32.2. The fourth-order valence-corrected chi connectivity index (χ4v) is 4.23. The molecule has 1 unspecified atom stereocenters. The number of amides is 1. The number of nitrogens with zero attached hydrogens (tertiary/aromatic N) is 1. The Morgan fingerprint density at radius 3 is 2.37 bits per heavy atom. The molecule has 0 bridgehead atoms. The predicted octanol–water partition coefficient (Wildman–Crippen LogP) is 3.49. The van der Waals surface area contributed by atoms with Gasteiger partial charge in [-0.15, -0.1) is 0 Å². The zero-order valence-corrected chi connectivity index (χ0v) is 16.2. The van der Waals surface area contributed by atoms with Crippen LogP contribution in [0.25, 0.3) is 0 Å². The maximum absolute atomic E-state index is 13.9. The highest BCUT2D eigenvalue weighted by Gasteiger charge is 2.23. The molecule has 0 aliphatic heterocycles. The first-order chi connectivity index (χ1) is 12.7. The van der Waals surface area contributed by atoms with E-state index in [0.29, 0.717) is 13.1 Å². The van der Waals surface area contributed by atoms with Crippen LogP contribution in [0.5, 0.6) is 0 Å². The second-order valence-electron chi connectivity index (χ2n) is 5.98. The first-order valence-electron chi connectivity index (χ1n) is 8.56. The Labute approximate surface area is 158 Å². The van der Waals surface area contributed by atoms with Crippen LogP contribution in [0.1, 0.15) is 42.7 Å². The van der Waals surface area contributed by atoms with Crippen LogP contribution in [0, 0.1) is 11.6 Å². The summed E-state index contributed by atoms with van der Waals surface area (Å²) in [5, 5.41) is 2.60. The van der Waals surface area contributed by atoms with E-state index in [9.17, 15) is 22.0 Å². The molecule has 5 nitrogen and oxygen atoms in total. The molecule has 1 N–H and O–H groups in total. The van der Waals surface area contributed by atoms with E-state index < -0.39 is 33.6 Å². The lowest BCUT2D eigenvalue weighted by molar-refractivity contribution is 0.0939. The minimum atomic E-state index is -3.70. The summed E-state index contributed by atoms with van der Waals surface area (Å²) in [7, 11) is -3.70. The van der Waals surface area contributed by atoms with Gasteiger partial charge < -0.3 is 5.32 Å². The second-order valence-corrected chi connectivity index (χ2v) is 7.92. The van der Waals surface area contributed by atoms with Gasteiger partial charge >= 0.3 is 0 Å². The fourth-order valence-electron chi connectivity index (χ4n) is 2.72. The summed E-state index contributed by atoms with van der Waals surface area (Å²) in [6, 6.07) is 8.06. The van der Waals surface area contributed by atoms with E-state index in [2.05, 4.69) is 5.32 Å². The van der Waals surface area contributed by atoms with Gasteiger partial charge in [-0.05, 0) is 31.2 Å². The number of carbonyl (C=O) groups excluding carboxylic acids is 1. The van der Waals surface area contributed by atoms with Crippen molar-refractivity contribution in [2.24, 2.45) is 0 Å². The third-order valence-corrected chi connectivity index (χ3v) is 6.26. The van der Waals surface area contributed by atoms with Gasteiger partial charge in [0.05, 0.1) is 10.9 Å². The Bertz CT molecular complexity index is 928. The minimum absolute atomic E-state index is 0.0134. The quantitative estimate of drug-likeness (QED) is 0.779. The van der Waals surface area contributed by atoms with Crippen molar-refractivity contribution in [3.63, 3.8) is 0 Å². The summed E-state index contributed by atoms with van der Waals surface area (Å²) < 4.78 is 53.4. The number of rotatable bonds is 7. The number of hydrogen-bond acceptors (Lipinski definition) is 3.